The lowest BCUT2D eigenvalue weighted by molar-refractivity contribution is 0.0536. The molecule has 0 amide bonds. The molecule has 3 rings (SSSR count). The van der Waals surface area contributed by atoms with E-state index in [1.165, 1.54) is 37.7 Å². The largest absolute Gasteiger partial charge is 0.490 e. The maximum Gasteiger partial charge on any atom is 0.194 e. The zero-order valence-corrected chi connectivity index (χ0v) is 18.8. The molecule has 0 spiro atoms. The van der Waals surface area contributed by atoms with Crippen molar-refractivity contribution in [2.24, 2.45) is 10.9 Å². The Morgan fingerprint density at radius 1 is 1.10 bits per heavy atom. The van der Waals surface area contributed by atoms with Crippen LogP contribution in [0.2, 0.25) is 0 Å². The van der Waals surface area contributed by atoms with Crippen molar-refractivity contribution >= 4 is 5.96 Å². The zero-order chi connectivity index (χ0) is 21.0. The van der Waals surface area contributed by atoms with Crippen molar-refractivity contribution in [3.63, 3.8) is 0 Å². The molecule has 30 heavy (non-hydrogen) atoms. The summed E-state index contributed by atoms with van der Waals surface area (Å²) in [6, 6.07) is 8.47. The minimum atomic E-state index is 0.393. The summed E-state index contributed by atoms with van der Waals surface area (Å²) in [4.78, 5) is 7.24. The number of methoxy groups -OCH3 is 1. The third kappa shape index (κ3) is 7.47. The van der Waals surface area contributed by atoms with E-state index >= 15 is 0 Å². The van der Waals surface area contributed by atoms with E-state index in [0.29, 0.717) is 31.8 Å². The van der Waals surface area contributed by atoms with Gasteiger partial charge in [0.2, 0.25) is 0 Å². The van der Waals surface area contributed by atoms with Gasteiger partial charge in [0.1, 0.15) is 5.75 Å². The van der Waals surface area contributed by atoms with Gasteiger partial charge in [-0.3, -0.25) is 0 Å². The Balaban J connectivity index is 1.48. The van der Waals surface area contributed by atoms with Crippen LogP contribution in [0.4, 0.5) is 0 Å². The molecular weight excluding hydrogens is 378 g/mol. The van der Waals surface area contributed by atoms with E-state index in [-0.39, 0.29) is 0 Å². The van der Waals surface area contributed by atoms with Crippen LogP contribution in [0.15, 0.2) is 29.3 Å². The number of ether oxygens (including phenoxy) is 3. The molecule has 1 N–H and O–H groups in total. The number of nitrogens with zero attached hydrogens (tertiary/aromatic N) is 2. The highest BCUT2D eigenvalue weighted by atomic mass is 16.5. The predicted molar refractivity (Wildman–Crippen MR) is 121 cm³/mol. The average molecular weight is 418 g/mol. The number of nitrogens with one attached hydrogen (secondary N) is 1. The van der Waals surface area contributed by atoms with Gasteiger partial charge in [0.15, 0.2) is 5.96 Å². The third-order valence-electron chi connectivity index (χ3n) is 5.90. The molecule has 1 saturated carbocycles. The fourth-order valence-electron chi connectivity index (χ4n) is 4.19. The van der Waals surface area contributed by atoms with Crippen molar-refractivity contribution in [3.05, 3.63) is 29.8 Å². The summed E-state index contributed by atoms with van der Waals surface area (Å²) in [6.07, 6.45) is 7.85. The van der Waals surface area contributed by atoms with Crippen molar-refractivity contribution < 1.29 is 14.2 Å². The Morgan fingerprint density at radius 2 is 1.90 bits per heavy atom. The van der Waals surface area contributed by atoms with Gasteiger partial charge in [0, 0.05) is 32.7 Å². The van der Waals surface area contributed by atoms with Gasteiger partial charge < -0.3 is 24.4 Å². The van der Waals surface area contributed by atoms with Gasteiger partial charge >= 0.3 is 0 Å². The SMILES string of the molecule is CCNC(=NCc1ccc(OC2CCCCC2)cc1)N1CCC(COCCOC)C1. The van der Waals surface area contributed by atoms with E-state index in [2.05, 4.69) is 41.4 Å². The Morgan fingerprint density at radius 3 is 2.63 bits per heavy atom. The van der Waals surface area contributed by atoms with E-state index in [4.69, 9.17) is 19.2 Å². The van der Waals surface area contributed by atoms with E-state index in [1.807, 2.05) is 0 Å². The average Bonchev–Trinajstić information content (AvgIpc) is 3.25. The van der Waals surface area contributed by atoms with Gasteiger partial charge in [-0.15, -0.1) is 0 Å². The van der Waals surface area contributed by atoms with Gasteiger partial charge in [0.25, 0.3) is 0 Å². The summed E-state index contributed by atoms with van der Waals surface area (Å²) >= 11 is 0. The van der Waals surface area contributed by atoms with Gasteiger partial charge in [-0.1, -0.05) is 18.6 Å². The minimum Gasteiger partial charge on any atom is -0.490 e. The minimum absolute atomic E-state index is 0.393. The van der Waals surface area contributed by atoms with Gasteiger partial charge in [0.05, 0.1) is 32.5 Å². The molecule has 168 valence electrons. The summed E-state index contributed by atoms with van der Waals surface area (Å²) in [5, 5.41) is 3.45. The lowest BCUT2D eigenvalue weighted by atomic mass is 9.98. The molecule has 0 aromatic heterocycles. The lowest BCUT2D eigenvalue weighted by Crippen LogP contribution is -2.40. The van der Waals surface area contributed by atoms with Crippen LogP contribution >= 0.6 is 0 Å². The maximum absolute atomic E-state index is 6.14. The number of hydrogen-bond donors (Lipinski definition) is 1. The highest BCUT2D eigenvalue weighted by Crippen LogP contribution is 2.24. The Bertz CT molecular complexity index is 629. The normalized spacial score (nSPS) is 20.5. The second-order valence-electron chi connectivity index (χ2n) is 8.36. The van der Waals surface area contributed by atoms with Crippen LogP contribution < -0.4 is 10.1 Å². The monoisotopic (exact) mass is 417 g/mol. The maximum atomic E-state index is 6.14. The molecule has 1 aliphatic carbocycles. The fraction of sp³-hybridized carbons (Fsp3) is 0.708. The highest BCUT2D eigenvalue weighted by Gasteiger charge is 2.25. The molecule has 2 fully saturated rings. The Labute approximate surface area is 182 Å². The molecule has 6 heteroatoms. The van der Waals surface area contributed by atoms with Gasteiger partial charge in [-0.05, 0) is 56.7 Å². The zero-order valence-electron chi connectivity index (χ0n) is 18.8. The number of aliphatic imine (C=N–C) groups is 1. The van der Waals surface area contributed by atoms with E-state index in [0.717, 1.165) is 44.4 Å². The number of likely N-dealkylation sites (tertiary alicyclic amines) is 1. The molecule has 1 aromatic carbocycles. The van der Waals surface area contributed by atoms with Crippen LogP contribution in [-0.4, -0.2) is 63.5 Å². The summed E-state index contributed by atoms with van der Waals surface area (Å²) in [7, 11) is 1.71. The molecule has 2 aliphatic rings. The van der Waals surface area contributed by atoms with E-state index in [9.17, 15) is 0 Å². The fourth-order valence-corrected chi connectivity index (χ4v) is 4.19. The number of benzene rings is 1. The van der Waals surface area contributed by atoms with E-state index in [1.54, 1.807) is 7.11 Å². The number of guanidine groups is 1. The van der Waals surface area contributed by atoms with Crippen LogP contribution in [0.1, 0.15) is 51.0 Å². The van der Waals surface area contributed by atoms with Gasteiger partial charge in [-0.2, -0.15) is 0 Å². The van der Waals surface area contributed by atoms with Crippen molar-refractivity contribution in [2.75, 3.05) is 46.6 Å². The van der Waals surface area contributed by atoms with E-state index < -0.39 is 0 Å². The molecule has 1 atom stereocenters. The topological polar surface area (TPSA) is 55.3 Å². The van der Waals surface area contributed by atoms with Crippen molar-refractivity contribution in [3.8, 4) is 5.75 Å². The molecule has 1 aliphatic heterocycles. The summed E-state index contributed by atoms with van der Waals surface area (Å²) in [5.41, 5.74) is 1.21. The van der Waals surface area contributed by atoms with Crippen LogP contribution in [0, 0.1) is 5.92 Å². The molecule has 0 bridgehead atoms. The second kappa shape index (κ2) is 12.8. The molecule has 1 unspecified atom stereocenters. The first-order chi connectivity index (χ1) is 14.8. The second-order valence-corrected chi connectivity index (χ2v) is 8.36. The Hall–Kier alpha value is -1.79. The van der Waals surface area contributed by atoms with Crippen molar-refractivity contribution in [1.29, 1.82) is 0 Å². The lowest BCUT2D eigenvalue weighted by Gasteiger charge is -2.23. The first-order valence-electron chi connectivity index (χ1n) is 11.6. The molecule has 0 radical (unpaired) electrons. The molecule has 1 heterocycles. The third-order valence-corrected chi connectivity index (χ3v) is 5.90. The van der Waals surface area contributed by atoms with Crippen LogP contribution in [0.25, 0.3) is 0 Å². The summed E-state index contributed by atoms with van der Waals surface area (Å²) in [5.74, 6) is 2.54. The Kier molecular flexibility index (Phi) is 9.77. The summed E-state index contributed by atoms with van der Waals surface area (Å²) in [6.45, 7) is 7.81. The first-order valence-corrected chi connectivity index (χ1v) is 11.6. The smallest absolute Gasteiger partial charge is 0.194 e. The molecular formula is C24H39N3O3. The number of hydrogen-bond acceptors (Lipinski definition) is 4. The van der Waals surface area contributed by atoms with Crippen molar-refractivity contribution in [2.45, 2.75) is 58.1 Å². The first kappa shape index (κ1) is 22.9. The standard InChI is InChI=1S/C24H39N3O3/c1-3-25-24(27-14-13-21(18-27)19-29-16-15-28-2)26-17-20-9-11-23(12-10-20)30-22-7-5-4-6-8-22/h9-12,21-22H,3-8,13-19H2,1-2H3,(H,25,26). The molecule has 1 aromatic rings. The predicted octanol–water partition coefficient (Wildman–Crippen LogP) is 3.85. The van der Waals surface area contributed by atoms with Crippen molar-refractivity contribution in [1.82, 2.24) is 10.2 Å². The van der Waals surface area contributed by atoms with Crippen LogP contribution in [0.5, 0.6) is 5.75 Å². The molecule has 1 saturated heterocycles. The summed E-state index contributed by atoms with van der Waals surface area (Å²) < 4.78 is 16.9. The quantitative estimate of drug-likeness (QED) is 0.356. The number of rotatable bonds is 10. The van der Waals surface area contributed by atoms with Gasteiger partial charge in [-0.25, -0.2) is 4.99 Å². The van der Waals surface area contributed by atoms with Crippen LogP contribution in [0.3, 0.4) is 0 Å². The molecule has 6 nitrogen and oxygen atoms in total. The highest BCUT2D eigenvalue weighted by molar-refractivity contribution is 5.80. The van der Waals surface area contributed by atoms with Crippen LogP contribution in [-0.2, 0) is 16.0 Å².